The number of hydrogen-bond acceptors (Lipinski definition) is 1. The summed E-state index contributed by atoms with van der Waals surface area (Å²) in [5, 5.41) is 9.72. The van der Waals surface area contributed by atoms with Gasteiger partial charge in [-0.05, 0) is 37.2 Å². The maximum atomic E-state index is 9.72. The van der Waals surface area contributed by atoms with Gasteiger partial charge in [-0.15, -0.1) is 0 Å². The Hall–Kier alpha value is -0.300. The van der Waals surface area contributed by atoms with Crippen LogP contribution in [0.15, 0.2) is 11.6 Å². The highest BCUT2D eigenvalue weighted by molar-refractivity contribution is 5.13. The Morgan fingerprint density at radius 3 is 2.69 bits per heavy atom. The quantitative estimate of drug-likeness (QED) is 0.661. The lowest BCUT2D eigenvalue weighted by Crippen LogP contribution is -2.18. The summed E-state index contributed by atoms with van der Waals surface area (Å²) in [5.41, 5.74) is 1.30. The molecule has 0 bridgehead atoms. The Labute approximate surface area is 81.9 Å². The van der Waals surface area contributed by atoms with Crippen LogP contribution >= 0.6 is 0 Å². The first kappa shape index (κ1) is 10.8. The SMILES string of the molecule is CCCC1=CC(CCC)CCC1O. The van der Waals surface area contributed by atoms with Gasteiger partial charge in [-0.25, -0.2) is 0 Å². The molecule has 0 amide bonds. The zero-order valence-electron chi connectivity index (χ0n) is 8.92. The molecule has 0 aromatic heterocycles. The van der Waals surface area contributed by atoms with Gasteiger partial charge >= 0.3 is 0 Å². The molecule has 1 heteroatoms. The van der Waals surface area contributed by atoms with Crippen molar-refractivity contribution in [1.82, 2.24) is 0 Å². The van der Waals surface area contributed by atoms with Gasteiger partial charge in [0.15, 0.2) is 0 Å². The van der Waals surface area contributed by atoms with Gasteiger partial charge in [0.25, 0.3) is 0 Å². The molecule has 76 valence electrons. The van der Waals surface area contributed by atoms with Gasteiger partial charge in [-0.3, -0.25) is 0 Å². The Balaban J connectivity index is 2.53. The van der Waals surface area contributed by atoms with E-state index in [9.17, 15) is 5.11 Å². The smallest absolute Gasteiger partial charge is 0.0750 e. The van der Waals surface area contributed by atoms with Crippen LogP contribution in [0.5, 0.6) is 0 Å². The van der Waals surface area contributed by atoms with Crippen molar-refractivity contribution in [2.24, 2.45) is 5.92 Å². The van der Waals surface area contributed by atoms with Crippen LogP contribution in [-0.4, -0.2) is 11.2 Å². The largest absolute Gasteiger partial charge is 0.389 e. The molecule has 0 spiro atoms. The maximum absolute atomic E-state index is 9.72. The summed E-state index contributed by atoms with van der Waals surface area (Å²) in [7, 11) is 0. The number of aliphatic hydroxyl groups is 1. The van der Waals surface area contributed by atoms with E-state index in [1.54, 1.807) is 0 Å². The highest BCUT2D eigenvalue weighted by Crippen LogP contribution is 2.28. The van der Waals surface area contributed by atoms with Crippen molar-refractivity contribution in [3.63, 3.8) is 0 Å². The van der Waals surface area contributed by atoms with Crippen LogP contribution in [-0.2, 0) is 0 Å². The van der Waals surface area contributed by atoms with Crippen molar-refractivity contribution < 1.29 is 5.11 Å². The Morgan fingerprint density at radius 1 is 1.31 bits per heavy atom. The second kappa shape index (κ2) is 5.43. The van der Waals surface area contributed by atoms with E-state index in [2.05, 4.69) is 19.9 Å². The number of allylic oxidation sites excluding steroid dienone is 1. The van der Waals surface area contributed by atoms with Crippen molar-refractivity contribution in [2.75, 3.05) is 0 Å². The molecule has 1 N–H and O–H groups in total. The molecule has 1 rings (SSSR count). The molecule has 1 aliphatic carbocycles. The summed E-state index contributed by atoms with van der Waals surface area (Å²) < 4.78 is 0. The molecule has 0 aromatic carbocycles. The first-order chi connectivity index (χ1) is 6.27. The van der Waals surface area contributed by atoms with E-state index >= 15 is 0 Å². The second-order valence-electron chi connectivity index (χ2n) is 4.13. The third-order valence-electron chi connectivity index (χ3n) is 2.89. The topological polar surface area (TPSA) is 20.2 Å². The van der Waals surface area contributed by atoms with E-state index in [1.807, 2.05) is 0 Å². The van der Waals surface area contributed by atoms with Crippen LogP contribution in [0, 0.1) is 5.92 Å². The normalized spacial score (nSPS) is 28.7. The summed E-state index contributed by atoms with van der Waals surface area (Å²) in [5.74, 6) is 0.745. The van der Waals surface area contributed by atoms with E-state index in [-0.39, 0.29) is 6.10 Å². The van der Waals surface area contributed by atoms with E-state index in [0.29, 0.717) is 0 Å². The lowest BCUT2D eigenvalue weighted by Gasteiger charge is -2.25. The molecule has 0 saturated carbocycles. The molecule has 1 aliphatic rings. The molecule has 2 atom stereocenters. The number of hydrogen-bond donors (Lipinski definition) is 1. The van der Waals surface area contributed by atoms with E-state index in [1.165, 1.54) is 24.8 Å². The minimum Gasteiger partial charge on any atom is -0.389 e. The van der Waals surface area contributed by atoms with Gasteiger partial charge in [-0.2, -0.15) is 0 Å². The van der Waals surface area contributed by atoms with Crippen molar-refractivity contribution in [1.29, 1.82) is 0 Å². The zero-order valence-corrected chi connectivity index (χ0v) is 8.92. The Bertz CT molecular complexity index is 172. The molecule has 0 aliphatic heterocycles. The van der Waals surface area contributed by atoms with Crippen molar-refractivity contribution in [3.8, 4) is 0 Å². The van der Waals surface area contributed by atoms with Crippen molar-refractivity contribution in [2.45, 2.75) is 58.5 Å². The van der Waals surface area contributed by atoms with Gasteiger partial charge < -0.3 is 5.11 Å². The Morgan fingerprint density at radius 2 is 2.08 bits per heavy atom. The van der Waals surface area contributed by atoms with E-state index in [0.717, 1.165) is 25.2 Å². The molecular formula is C12H22O. The predicted octanol–water partition coefficient (Wildman–Crippen LogP) is 3.28. The second-order valence-corrected chi connectivity index (χ2v) is 4.13. The molecule has 13 heavy (non-hydrogen) atoms. The highest BCUT2D eigenvalue weighted by atomic mass is 16.3. The van der Waals surface area contributed by atoms with E-state index in [4.69, 9.17) is 0 Å². The fraction of sp³-hybridized carbons (Fsp3) is 0.833. The molecule has 0 fully saturated rings. The van der Waals surface area contributed by atoms with Gasteiger partial charge in [0.1, 0.15) is 0 Å². The minimum atomic E-state index is -0.131. The lowest BCUT2D eigenvalue weighted by molar-refractivity contribution is 0.175. The number of rotatable bonds is 4. The third kappa shape index (κ3) is 3.15. The summed E-state index contributed by atoms with van der Waals surface area (Å²) in [6, 6.07) is 0. The van der Waals surface area contributed by atoms with Crippen molar-refractivity contribution >= 4 is 0 Å². The minimum absolute atomic E-state index is 0.131. The molecular weight excluding hydrogens is 160 g/mol. The standard InChI is InChI=1S/C12H22O/c1-3-5-10-7-8-12(13)11(9-10)6-4-2/h9-10,12-13H,3-8H2,1-2H3. The molecule has 0 heterocycles. The zero-order chi connectivity index (χ0) is 9.68. The summed E-state index contributed by atoms with van der Waals surface area (Å²) in [4.78, 5) is 0. The summed E-state index contributed by atoms with van der Waals surface area (Å²) >= 11 is 0. The maximum Gasteiger partial charge on any atom is 0.0750 e. The van der Waals surface area contributed by atoms with Crippen LogP contribution in [0.2, 0.25) is 0 Å². The fourth-order valence-corrected chi connectivity index (χ4v) is 2.19. The van der Waals surface area contributed by atoms with Crippen LogP contribution in [0.3, 0.4) is 0 Å². The third-order valence-corrected chi connectivity index (χ3v) is 2.89. The van der Waals surface area contributed by atoms with Gasteiger partial charge in [0.2, 0.25) is 0 Å². The number of aliphatic hydroxyl groups excluding tert-OH is 1. The van der Waals surface area contributed by atoms with Crippen LogP contribution < -0.4 is 0 Å². The van der Waals surface area contributed by atoms with Crippen LogP contribution in [0.1, 0.15) is 52.4 Å². The monoisotopic (exact) mass is 182 g/mol. The van der Waals surface area contributed by atoms with Gasteiger partial charge in [0.05, 0.1) is 6.10 Å². The first-order valence-corrected chi connectivity index (χ1v) is 5.66. The fourth-order valence-electron chi connectivity index (χ4n) is 2.19. The summed E-state index contributed by atoms with van der Waals surface area (Å²) in [6.07, 6.45) is 9.16. The molecule has 2 unspecified atom stereocenters. The first-order valence-electron chi connectivity index (χ1n) is 5.66. The molecule has 0 saturated heterocycles. The molecule has 1 nitrogen and oxygen atoms in total. The molecule has 0 aromatic rings. The van der Waals surface area contributed by atoms with Crippen LogP contribution in [0.25, 0.3) is 0 Å². The van der Waals surface area contributed by atoms with Crippen molar-refractivity contribution in [3.05, 3.63) is 11.6 Å². The predicted molar refractivity (Wildman–Crippen MR) is 56.6 cm³/mol. The molecule has 0 radical (unpaired) electrons. The van der Waals surface area contributed by atoms with Gasteiger partial charge in [-0.1, -0.05) is 32.8 Å². The lowest BCUT2D eigenvalue weighted by atomic mass is 9.84. The average Bonchev–Trinajstić information content (AvgIpc) is 2.12. The Kier molecular flexibility index (Phi) is 4.51. The average molecular weight is 182 g/mol. The summed E-state index contributed by atoms with van der Waals surface area (Å²) in [6.45, 7) is 4.41. The van der Waals surface area contributed by atoms with Crippen LogP contribution in [0.4, 0.5) is 0 Å². The van der Waals surface area contributed by atoms with E-state index < -0.39 is 0 Å². The van der Waals surface area contributed by atoms with Gasteiger partial charge in [0, 0.05) is 0 Å². The highest BCUT2D eigenvalue weighted by Gasteiger charge is 2.19.